The number of carbonyl (C=O) groups is 6. The molecule has 4 saturated carbocycles. The summed E-state index contributed by atoms with van der Waals surface area (Å²) in [5, 5.41) is 62.1. The largest absolute Gasteiger partial charge is 0.496 e. The van der Waals surface area contributed by atoms with Crippen molar-refractivity contribution < 1.29 is 63.8 Å². The second-order valence-corrected chi connectivity index (χ2v) is 22.8. The number of rotatable bonds is 25. The number of aromatic nitrogens is 2. The molecule has 5 aliphatic rings. The van der Waals surface area contributed by atoms with Crippen LogP contribution in [0, 0.1) is 23.7 Å². The zero-order valence-electron chi connectivity index (χ0n) is 47.3. The van der Waals surface area contributed by atoms with Gasteiger partial charge in [0, 0.05) is 77.6 Å². The number of carboxylic acids is 3. The molecule has 5 fully saturated rings. The summed E-state index contributed by atoms with van der Waals surface area (Å²) in [4.78, 5) is 88.9. The molecule has 2 aromatic carbocycles. The number of methoxy groups -OCH3 is 2. The lowest BCUT2D eigenvalue weighted by Crippen LogP contribution is -2.71. The summed E-state index contributed by atoms with van der Waals surface area (Å²) in [5.41, 5.74) is 1.69. The van der Waals surface area contributed by atoms with Gasteiger partial charge < -0.3 is 55.4 Å². The third-order valence-corrected chi connectivity index (χ3v) is 16.6. The molecule has 80 heavy (non-hydrogen) atoms. The maximum atomic E-state index is 14.7. The van der Waals surface area contributed by atoms with Crippen molar-refractivity contribution in [1.82, 2.24) is 49.8 Å². The molecule has 23 nitrogen and oxygen atoms in total. The van der Waals surface area contributed by atoms with E-state index < -0.39 is 35.6 Å². The van der Waals surface area contributed by atoms with E-state index in [2.05, 4.69) is 10.6 Å². The van der Waals surface area contributed by atoms with E-state index in [4.69, 9.17) is 14.6 Å². The number of aliphatic carboxylic acids is 3. The monoisotopic (exact) mass is 1120 g/mol. The van der Waals surface area contributed by atoms with Gasteiger partial charge in [0.15, 0.2) is 12.0 Å². The number of benzene rings is 2. The highest BCUT2D eigenvalue weighted by Crippen LogP contribution is 2.59. The number of ether oxygens (including phenoxy) is 2. The highest BCUT2D eigenvalue weighted by molar-refractivity contribution is 5.96. The first-order chi connectivity index (χ1) is 38.2. The molecule has 1 aliphatic heterocycles. The Kier molecular flexibility index (Phi) is 21.5. The number of aliphatic hydroxyl groups is 2. The van der Waals surface area contributed by atoms with Gasteiger partial charge in [0.1, 0.15) is 11.5 Å². The Labute approximate surface area is 468 Å². The van der Waals surface area contributed by atoms with Crippen molar-refractivity contribution in [3.63, 3.8) is 0 Å². The minimum Gasteiger partial charge on any atom is -0.496 e. The van der Waals surface area contributed by atoms with Gasteiger partial charge in [0.2, 0.25) is 5.91 Å². The lowest BCUT2D eigenvalue weighted by atomic mass is 9.48. The number of nitrogens with one attached hydrogen (secondary N) is 2. The molecule has 0 unspecified atom stereocenters. The third-order valence-electron chi connectivity index (χ3n) is 16.6. The van der Waals surface area contributed by atoms with Crippen LogP contribution in [-0.4, -0.2) is 245 Å². The molecule has 1 saturated heterocycles. The predicted octanol–water partition coefficient (Wildman–Crippen LogP) is 2.29. The Morgan fingerprint density at radius 1 is 0.688 bits per heavy atom. The number of hydrogen-bond donors (Lipinski definition) is 7. The van der Waals surface area contributed by atoms with Gasteiger partial charge in [-0.2, -0.15) is 5.10 Å². The van der Waals surface area contributed by atoms with Crippen LogP contribution in [0.4, 0.5) is 0 Å². The van der Waals surface area contributed by atoms with Gasteiger partial charge in [-0.25, -0.2) is 4.68 Å². The van der Waals surface area contributed by atoms with Crippen LogP contribution < -0.4 is 20.1 Å². The first-order valence-corrected chi connectivity index (χ1v) is 28.1. The second-order valence-electron chi connectivity index (χ2n) is 22.8. The van der Waals surface area contributed by atoms with E-state index in [9.17, 15) is 54.3 Å². The first-order valence-electron chi connectivity index (χ1n) is 28.1. The number of aliphatic hydroxyl groups excluding tert-OH is 1. The fourth-order valence-electron chi connectivity index (χ4n) is 12.8. The normalized spacial score (nSPS) is 22.2. The fourth-order valence-corrected chi connectivity index (χ4v) is 12.8. The van der Waals surface area contributed by atoms with Gasteiger partial charge in [-0.05, 0) is 137 Å². The standard InChI is InChI=1S/C57H84N10O13/c1-37(2)43-31-40(12-13-45(43)67-46(53-47(79-5)10-7-11-48(53)80-6)32-44(60-67)54(75)59-57(56(77)78)41-27-38-26-39(29-41)30-42(57)28-38)55(76)66(17-9-15-61(3)4)16-8-14-58-49(68)33-62-18-20-63(34-50(69)70)22-24-65(36-52(73)74)25-23-64(21-19-62)35-51(71)72/h7,10-13,31-32,37-39,41-42,56,77-78H,8-9,14-30,33-36H2,1-6H3,(H,58,68)(H,59,75)(H,69,70)(H,71,72)(H,73,74). The molecule has 0 spiro atoms. The Balaban J connectivity index is 1.09. The summed E-state index contributed by atoms with van der Waals surface area (Å²) in [7, 11) is 7.03. The van der Waals surface area contributed by atoms with E-state index in [1.54, 1.807) is 68.8 Å². The Hall–Kier alpha value is -6.21. The van der Waals surface area contributed by atoms with Crippen LogP contribution in [0.15, 0.2) is 42.5 Å². The highest BCUT2D eigenvalue weighted by atomic mass is 16.5. The number of amides is 3. The van der Waals surface area contributed by atoms with Gasteiger partial charge in [0.25, 0.3) is 11.8 Å². The summed E-state index contributed by atoms with van der Waals surface area (Å²) < 4.78 is 13.4. The van der Waals surface area contributed by atoms with E-state index in [1.165, 1.54) is 0 Å². The van der Waals surface area contributed by atoms with Crippen LogP contribution in [0.2, 0.25) is 0 Å². The topological polar surface area (TPSA) is 283 Å². The van der Waals surface area contributed by atoms with Gasteiger partial charge in [-0.1, -0.05) is 19.9 Å². The maximum Gasteiger partial charge on any atom is 0.317 e. The molecular formula is C57H84N10O13. The molecular weight excluding hydrogens is 1030 g/mol. The molecule has 4 aliphatic carbocycles. The van der Waals surface area contributed by atoms with E-state index in [-0.39, 0.29) is 107 Å². The minimum absolute atomic E-state index is 0.0367. The SMILES string of the molecule is COc1cccc(OC)c1-c1cc(C(=O)NC2(C(O)O)C3CC4CC(C3)CC2C4)nn1-c1ccc(C(=O)N(CCCNC(=O)CN2CCN(CC(=O)O)CCN(CC(=O)O)CCN(CC(=O)O)CC2)CCCN(C)C)cc1C(C)C. The van der Waals surface area contributed by atoms with E-state index in [0.717, 1.165) is 44.2 Å². The Bertz CT molecular complexity index is 2560. The molecule has 7 N–H and O–H groups in total. The van der Waals surface area contributed by atoms with Crippen LogP contribution >= 0.6 is 0 Å². The molecule has 1 aromatic heterocycles. The van der Waals surface area contributed by atoms with Gasteiger partial charge in [-0.3, -0.25) is 48.4 Å². The minimum atomic E-state index is -1.76. The summed E-state index contributed by atoms with van der Waals surface area (Å²) in [6.45, 7) is 7.12. The molecule has 440 valence electrons. The Morgan fingerprint density at radius 3 is 1.65 bits per heavy atom. The molecule has 2 heterocycles. The van der Waals surface area contributed by atoms with Crippen molar-refractivity contribution >= 4 is 35.6 Å². The predicted molar refractivity (Wildman–Crippen MR) is 297 cm³/mol. The average molecular weight is 1120 g/mol. The average Bonchev–Trinajstić information content (AvgIpc) is 3.83. The highest BCUT2D eigenvalue weighted by Gasteiger charge is 2.61. The van der Waals surface area contributed by atoms with Crippen molar-refractivity contribution in [2.45, 2.75) is 76.5 Å². The van der Waals surface area contributed by atoms with Crippen LogP contribution in [0.1, 0.15) is 91.1 Å². The summed E-state index contributed by atoms with van der Waals surface area (Å²) in [6.07, 6.45) is 3.82. The van der Waals surface area contributed by atoms with Gasteiger partial charge in [-0.15, -0.1) is 0 Å². The molecule has 4 bridgehead atoms. The molecule has 0 radical (unpaired) electrons. The number of carbonyl (C=O) groups excluding carboxylic acids is 3. The van der Waals surface area contributed by atoms with Gasteiger partial charge >= 0.3 is 17.9 Å². The van der Waals surface area contributed by atoms with Crippen molar-refractivity contribution in [1.29, 1.82) is 0 Å². The third kappa shape index (κ3) is 15.4. The van der Waals surface area contributed by atoms with Crippen LogP contribution in [-0.2, 0) is 19.2 Å². The van der Waals surface area contributed by atoms with E-state index in [1.807, 2.05) is 49.9 Å². The summed E-state index contributed by atoms with van der Waals surface area (Å²) in [5.74, 6) is -2.46. The second kappa shape index (κ2) is 28.0. The van der Waals surface area contributed by atoms with Gasteiger partial charge in [0.05, 0.1) is 62.9 Å². The zero-order chi connectivity index (χ0) is 57.8. The fraction of sp³-hybridized carbons (Fsp3) is 0.632. The molecule has 23 heteroatoms. The maximum absolute atomic E-state index is 14.7. The first kappa shape index (κ1) is 61.4. The summed E-state index contributed by atoms with van der Waals surface area (Å²) >= 11 is 0. The van der Waals surface area contributed by atoms with Crippen LogP contribution in [0.3, 0.4) is 0 Å². The smallest absolute Gasteiger partial charge is 0.317 e. The lowest BCUT2D eigenvalue weighted by Gasteiger charge is -2.61. The quantitative estimate of drug-likeness (QED) is 0.0473. The van der Waals surface area contributed by atoms with E-state index in [0.29, 0.717) is 84.9 Å². The van der Waals surface area contributed by atoms with E-state index >= 15 is 0 Å². The van der Waals surface area contributed by atoms with Crippen molar-refractivity contribution in [3.05, 3.63) is 59.3 Å². The molecule has 8 rings (SSSR count). The van der Waals surface area contributed by atoms with Crippen LogP contribution in [0.25, 0.3) is 16.9 Å². The van der Waals surface area contributed by atoms with Crippen molar-refractivity contribution in [3.8, 4) is 28.4 Å². The zero-order valence-corrected chi connectivity index (χ0v) is 47.3. The number of carboxylic acid groups (broad SMARTS) is 3. The number of nitrogens with zero attached hydrogens (tertiary/aromatic N) is 8. The Morgan fingerprint density at radius 2 is 1.19 bits per heavy atom. The van der Waals surface area contributed by atoms with Crippen molar-refractivity contribution in [2.24, 2.45) is 23.7 Å². The van der Waals surface area contributed by atoms with Crippen molar-refractivity contribution in [2.75, 3.05) is 133 Å². The molecule has 0 atom stereocenters. The summed E-state index contributed by atoms with van der Waals surface area (Å²) in [6, 6.07) is 12.5. The molecule has 3 aromatic rings. The number of hydrogen-bond acceptors (Lipinski definition) is 16. The molecule has 3 amide bonds. The van der Waals surface area contributed by atoms with Crippen LogP contribution in [0.5, 0.6) is 11.5 Å². The lowest BCUT2D eigenvalue weighted by molar-refractivity contribution is -0.195.